The third-order valence-corrected chi connectivity index (χ3v) is 4.85. The van der Waals surface area contributed by atoms with E-state index in [4.69, 9.17) is 9.84 Å². The largest absolute Gasteiger partial charge is 0.487 e. The molecule has 1 N–H and O–H groups in total. The van der Waals surface area contributed by atoms with Crippen molar-refractivity contribution in [3.63, 3.8) is 0 Å². The van der Waals surface area contributed by atoms with E-state index in [-0.39, 0.29) is 12.2 Å². The molecule has 0 radical (unpaired) electrons. The standard InChI is InChI=1S/C18H24O4/c1-10-11(2)17-14(12(3)16(10)13(4)19)6-8-18(5,22-17)9-7-15(20)21/h6-9H2,1-5H3,(H,20,21). The van der Waals surface area contributed by atoms with Crippen molar-refractivity contribution in [3.05, 3.63) is 27.8 Å². The van der Waals surface area contributed by atoms with E-state index in [9.17, 15) is 9.59 Å². The summed E-state index contributed by atoms with van der Waals surface area (Å²) >= 11 is 0. The molecule has 0 amide bonds. The molecular formula is C18H24O4. The number of fused-ring (bicyclic) bond motifs is 1. The van der Waals surface area contributed by atoms with Crippen LogP contribution < -0.4 is 4.74 Å². The summed E-state index contributed by atoms with van der Waals surface area (Å²) in [6.45, 7) is 9.48. The lowest BCUT2D eigenvalue weighted by Crippen LogP contribution is -2.37. The Morgan fingerprint density at radius 2 is 1.82 bits per heavy atom. The van der Waals surface area contributed by atoms with Gasteiger partial charge in [-0.1, -0.05) is 0 Å². The van der Waals surface area contributed by atoms with Gasteiger partial charge in [-0.3, -0.25) is 9.59 Å². The van der Waals surface area contributed by atoms with E-state index in [1.54, 1.807) is 6.92 Å². The molecule has 1 aliphatic rings. The predicted molar refractivity (Wildman–Crippen MR) is 84.9 cm³/mol. The van der Waals surface area contributed by atoms with E-state index in [1.165, 1.54) is 0 Å². The Hall–Kier alpha value is -1.84. The first kappa shape index (κ1) is 16.5. The summed E-state index contributed by atoms with van der Waals surface area (Å²) in [5.74, 6) is 0.130. The minimum absolute atomic E-state index is 0.0834. The van der Waals surface area contributed by atoms with Gasteiger partial charge in [0, 0.05) is 12.0 Å². The quantitative estimate of drug-likeness (QED) is 0.860. The van der Waals surface area contributed by atoms with Crippen LogP contribution in [0.15, 0.2) is 0 Å². The van der Waals surface area contributed by atoms with Gasteiger partial charge >= 0.3 is 5.97 Å². The fourth-order valence-electron chi connectivity index (χ4n) is 3.39. The Labute approximate surface area is 131 Å². The Balaban J connectivity index is 2.45. The molecule has 4 nitrogen and oxygen atoms in total. The van der Waals surface area contributed by atoms with Gasteiger partial charge in [0.2, 0.25) is 0 Å². The van der Waals surface area contributed by atoms with Crippen LogP contribution in [0.1, 0.15) is 65.7 Å². The molecule has 0 aromatic heterocycles. The molecule has 4 heteroatoms. The molecule has 2 rings (SSSR count). The highest BCUT2D eigenvalue weighted by molar-refractivity contribution is 5.98. The van der Waals surface area contributed by atoms with Crippen LogP contribution >= 0.6 is 0 Å². The van der Waals surface area contributed by atoms with Crippen LogP contribution in [0.5, 0.6) is 5.75 Å². The summed E-state index contributed by atoms with van der Waals surface area (Å²) in [6, 6.07) is 0. The number of ketones is 1. The lowest BCUT2D eigenvalue weighted by Gasteiger charge is -2.38. The fourth-order valence-corrected chi connectivity index (χ4v) is 3.39. The van der Waals surface area contributed by atoms with Gasteiger partial charge in [0.25, 0.3) is 0 Å². The topological polar surface area (TPSA) is 63.6 Å². The number of aliphatic carboxylic acids is 1. The van der Waals surface area contributed by atoms with Gasteiger partial charge in [-0.2, -0.15) is 0 Å². The number of carbonyl (C=O) groups is 2. The number of rotatable bonds is 4. The molecule has 0 saturated heterocycles. The molecule has 1 unspecified atom stereocenters. The average Bonchev–Trinajstić information content (AvgIpc) is 2.42. The second-order valence-electron chi connectivity index (χ2n) is 6.56. The Kier molecular flexibility index (Phi) is 4.32. The first-order valence-corrected chi connectivity index (χ1v) is 7.70. The molecule has 0 bridgehead atoms. The molecule has 22 heavy (non-hydrogen) atoms. The zero-order valence-electron chi connectivity index (χ0n) is 14.0. The fraction of sp³-hybridized carbons (Fsp3) is 0.556. The third-order valence-electron chi connectivity index (χ3n) is 4.85. The van der Waals surface area contributed by atoms with Gasteiger partial charge in [-0.15, -0.1) is 0 Å². The summed E-state index contributed by atoms with van der Waals surface area (Å²) in [5.41, 5.74) is 4.41. The van der Waals surface area contributed by atoms with Crippen molar-refractivity contribution in [3.8, 4) is 5.75 Å². The first-order chi connectivity index (χ1) is 10.2. The van der Waals surface area contributed by atoms with Crippen molar-refractivity contribution in [2.24, 2.45) is 0 Å². The molecule has 1 aromatic rings. The predicted octanol–water partition coefficient (Wildman–Crippen LogP) is 3.76. The number of carboxylic acids is 1. The van der Waals surface area contributed by atoms with Crippen molar-refractivity contribution in [1.29, 1.82) is 0 Å². The van der Waals surface area contributed by atoms with Crippen molar-refractivity contribution >= 4 is 11.8 Å². The molecule has 1 aromatic carbocycles. The van der Waals surface area contributed by atoms with Crippen LogP contribution in [-0.2, 0) is 11.2 Å². The van der Waals surface area contributed by atoms with Crippen molar-refractivity contribution in [2.45, 2.75) is 65.9 Å². The number of carbonyl (C=O) groups excluding carboxylic acids is 1. The van der Waals surface area contributed by atoms with E-state index < -0.39 is 11.6 Å². The molecule has 0 spiro atoms. The third kappa shape index (κ3) is 2.87. The van der Waals surface area contributed by atoms with Gasteiger partial charge in [0.15, 0.2) is 5.78 Å². The molecular weight excluding hydrogens is 280 g/mol. The zero-order chi connectivity index (χ0) is 16.7. The van der Waals surface area contributed by atoms with Gasteiger partial charge < -0.3 is 9.84 Å². The lowest BCUT2D eigenvalue weighted by molar-refractivity contribution is -0.138. The monoisotopic (exact) mass is 304 g/mol. The van der Waals surface area contributed by atoms with E-state index >= 15 is 0 Å². The van der Waals surface area contributed by atoms with Crippen LogP contribution in [0.3, 0.4) is 0 Å². The van der Waals surface area contributed by atoms with Crippen LogP contribution in [-0.4, -0.2) is 22.5 Å². The normalized spacial score (nSPS) is 20.2. The highest BCUT2D eigenvalue weighted by Gasteiger charge is 2.35. The molecule has 0 fully saturated rings. The van der Waals surface area contributed by atoms with Gasteiger partial charge in [-0.25, -0.2) is 0 Å². The Bertz CT molecular complexity index is 645. The molecule has 0 saturated carbocycles. The molecule has 120 valence electrons. The highest BCUT2D eigenvalue weighted by Crippen LogP contribution is 2.42. The van der Waals surface area contributed by atoms with Crippen LogP contribution in [0.25, 0.3) is 0 Å². The van der Waals surface area contributed by atoms with E-state index in [1.807, 2.05) is 27.7 Å². The Morgan fingerprint density at radius 1 is 1.18 bits per heavy atom. The number of hydrogen-bond donors (Lipinski definition) is 1. The highest BCUT2D eigenvalue weighted by atomic mass is 16.5. The second kappa shape index (κ2) is 5.75. The van der Waals surface area contributed by atoms with Crippen molar-refractivity contribution < 1.29 is 19.4 Å². The van der Waals surface area contributed by atoms with Gasteiger partial charge in [-0.05, 0) is 76.1 Å². The molecule has 0 aliphatic carbocycles. The maximum Gasteiger partial charge on any atom is 0.303 e. The van der Waals surface area contributed by atoms with Crippen LogP contribution in [0.2, 0.25) is 0 Å². The smallest absolute Gasteiger partial charge is 0.303 e. The Morgan fingerprint density at radius 3 is 2.36 bits per heavy atom. The SMILES string of the molecule is CC(=O)c1c(C)c(C)c2c(c1C)CCC(C)(CCC(=O)O)O2. The molecule has 1 atom stereocenters. The summed E-state index contributed by atoms with van der Waals surface area (Å²) < 4.78 is 6.22. The molecule has 1 heterocycles. The number of hydrogen-bond acceptors (Lipinski definition) is 3. The van der Waals surface area contributed by atoms with E-state index in [2.05, 4.69) is 0 Å². The molecule has 1 aliphatic heterocycles. The minimum Gasteiger partial charge on any atom is -0.487 e. The van der Waals surface area contributed by atoms with Gasteiger partial charge in [0.1, 0.15) is 11.4 Å². The minimum atomic E-state index is -0.799. The van der Waals surface area contributed by atoms with Crippen molar-refractivity contribution in [1.82, 2.24) is 0 Å². The number of benzene rings is 1. The first-order valence-electron chi connectivity index (χ1n) is 7.70. The summed E-state index contributed by atoms with van der Waals surface area (Å²) in [5, 5.41) is 8.90. The lowest BCUT2D eigenvalue weighted by atomic mass is 9.82. The summed E-state index contributed by atoms with van der Waals surface area (Å²) in [4.78, 5) is 22.8. The number of ether oxygens (including phenoxy) is 1. The van der Waals surface area contributed by atoms with Crippen molar-refractivity contribution in [2.75, 3.05) is 0 Å². The van der Waals surface area contributed by atoms with Crippen LogP contribution in [0, 0.1) is 20.8 Å². The summed E-state index contributed by atoms with van der Waals surface area (Å²) in [7, 11) is 0. The second-order valence-corrected chi connectivity index (χ2v) is 6.56. The number of Topliss-reactive ketones (excluding diaryl/α,β-unsaturated/α-hetero) is 1. The van der Waals surface area contributed by atoms with E-state index in [0.717, 1.165) is 46.4 Å². The van der Waals surface area contributed by atoms with E-state index in [0.29, 0.717) is 6.42 Å². The van der Waals surface area contributed by atoms with Crippen LogP contribution in [0.4, 0.5) is 0 Å². The summed E-state index contributed by atoms with van der Waals surface area (Å²) in [6.07, 6.45) is 2.19. The average molecular weight is 304 g/mol. The van der Waals surface area contributed by atoms with Gasteiger partial charge in [0.05, 0.1) is 0 Å². The number of carboxylic acid groups (broad SMARTS) is 1. The zero-order valence-corrected chi connectivity index (χ0v) is 14.0. The maximum atomic E-state index is 11.9. The maximum absolute atomic E-state index is 11.9.